The zero-order valence-electron chi connectivity index (χ0n) is 5.36. The summed E-state index contributed by atoms with van der Waals surface area (Å²) in [7, 11) is 0. The van der Waals surface area contributed by atoms with Crippen LogP contribution in [-0.2, 0) is 0 Å². The van der Waals surface area contributed by atoms with Crippen molar-refractivity contribution < 1.29 is 4.39 Å². The Labute approximate surface area is 55.5 Å². The van der Waals surface area contributed by atoms with Gasteiger partial charge in [0.1, 0.15) is 6.17 Å². The van der Waals surface area contributed by atoms with E-state index in [1.807, 2.05) is 0 Å². The first kappa shape index (κ1) is 6.61. The smallest absolute Gasteiger partial charge is 0.105 e. The first-order valence-corrected chi connectivity index (χ1v) is 3.35. The van der Waals surface area contributed by atoms with Gasteiger partial charge in [-0.15, -0.1) is 4.39 Å². The van der Waals surface area contributed by atoms with Gasteiger partial charge in [-0.25, -0.2) is 0 Å². The Kier molecular flexibility index (Phi) is 2.57. The highest BCUT2D eigenvalue weighted by atomic mass is 19.1. The highest BCUT2D eigenvalue weighted by Gasteiger charge is 2.20. The molecule has 49 valence electrons. The van der Waals surface area contributed by atoms with Crippen LogP contribution in [0.5, 0.6) is 0 Å². The molecule has 0 amide bonds. The van der Waals surface area contributed by atoms with Crippen LogP contribution < -0.4 is 0 Å². The number of unbranched alkanes of at least 4 members (excludes halogenated alkanes) is 1. The van der Waals surface area contributed by atoms with Crippen LogP contribution in [0.4, 0.5) is 4.39 Å². The van der Waals surface area contributed by atoms with Gasteiger partial charge in [-0.2, -0.15) is 0 Å². The third kappa shape index (κ3) is 3.13. The van der Waals surface area contributed by atoms with Crippen molar-refractivity contribution in [1.82, 2.24) is 0 Å². The molecule has 1 unspecified atom stereocenters. The molecule has 0 aromatic carbocycles. The molecule has 1 fully saturated rings. The van der Waals surface area contributed by atoms with Crippen LogP contribution in [0.2, 0.25) is 0 Å². The third-order valence-electron chi connectivity index (χ3n) is 1.51. The van der Waals surface area contributed by atoms with Gasteiger partial charge in [0.15, 0.2) is 0 Å². The van der Waals surface area contributed by atoms with Crippen molar-refractivity contribution in [3.63, 3.8) is 0 Å². The Morgan fingerprint density at radius 1 is 1.67 bits per heavy atom. The predicted octanol–water partition coefficient (Wildman–Crippen LogP) is 2.31. The summed E-state index contributed by atoms with van der Waals surface area (Å²) in [4.78, 5) is 0. The number of hydrogen-bond donors (Lipinski definition) is 0. The van der Waals surface area contributed by atoms with Crippen molar-refractivity contribution in [3.05, 3.63) is 6.42 Å². The van der Waals surface area contributed by atoms with E-state index in [2.05, 4.69) is 12.3 Å². The molecular weight excluding hydrogens is 115 g/mol. The SMILES string of the molecule is FC#CCCCC1[CH]C1. The predicted molar refractivity (Wildman–Crippen MR) is 35.1 cm³/mol. The summed E-state index contributed by atoms with van der Waals surface area (Å²) < 4.78 is 11.2. The fraction of sp³-hybridized carbons (Fsp3) is 0.625. The molecule has 1 heteroatoms. The molecule has 0 bridgehead atoms. The second-order valence-electron chi connectivity index (χ2n) is 2.39. The van der Waals surface area contributed by atoms with Crippen LogP contribution in [0.1, 0.15) is 25.7 Å². The minimum Gasteiger partial charge on any atom is -0.144 e. The molecule has 0 N–H and O–H groups in total. The molecule has 1 atom stereocenters. The van der Waals surface area contributed by atoms with Crippen molar-refractivity contribution in [2.75, 3.05) is 0 Å². The van der Waals surface area contributed by atoms with E-state index in [-0.39, 0.29) is 0 Å². The molecular formula is C8H10F. The first-order chi connectivity index (χ1) is 4.43. The highest BCUT2D eigenvalue weighted by molar-refractivity contribution is 4.96. The maximum atomic E-state index is 11.2. The van der Waals surface area contributed by atoms with Crippen LogP contribution in [0.25, 0.3) is 0 Å². The second kappa shape index (κ2) is 3.50. The summed E-state index contributed by atoms with van der Waals surface area (Å²) in [6.07, 6.45) is 7.93. The lowest BCUT2D eigenvalue weighted by atomic mass is 10.2. The van der Waals surface area contributed by atoms with Gasteiger partial charge in [0.2, 0.25) is 0 Å². The summed E-state index contributed by atoms with van der Waals surface area (Å²) in [6.45, 7) is 0. The highest BCUT2D eigenvalue weighted by Crippen LogP contribution is 2.32. The summed E-state index contributed by atoms with van der Waals surface area (Å²) in [5.41, 5.74) is 0. The van der Waals surface area contributed by atoms with Gasteiger partial charge in [-0.1, -0.05) is 5.92 Å². The molecule has 1 rings (SSSR count). The summed E-state index contributed by atoms with van der Waals surface area (Å²) in [5, 5.41) is 0. The number of halogens is 1. The van der Waals surface area contributed by atoms with Gasteiger partial charge in [0.05, 0.1) is 0 Å². The van der Waals surface area contributed by atoms with Crippen molar-refractivity contribution in [3.8, 4) is 12.1 Å². The zero-order chi connectivity index (χ0) is 6.53. The van der Waals surface area contributed by atoms with Gasteiger partial charge in [0, 0.05) is 6.42 Å². The van der Waals surface area contributed by atoms with Crippen molar-refractivity contribution in [2.45, 2.75) is 25.7 Å². The molecule has 1 radical (unpaired) electrons. The molecule has 0 spiro atoms. The van der Waals surface area contributed by atoms with Crippen LogP contribution in [0.15, 0.2) is 0 Å². The van der Waals surface area contributed by atoms with Crippen molar-refractivity contribution in [1.29, 1.82) is 0 Å². The molecule has 0 saturated heterocycles. The third-order valence-corrected chi connectivity index (χ3v) is 1.51. The average molecular weight is 125 g/mol. The number of hydrogen-bond acceptors (Lipinski definition) is 0. The second-order valence-corrected chi connectivity index (χ2v) is 2.39. The maximum Gasteiger partial charge on any atom is 0.105 e. The molecule has 1 saturated carbocycles. The molecule has 1 aliphatic rings. The molecule has 9 heavy (non-hydrogen) atoms. The minimum absolute atomic E-state index is 0.723. The van der Waals surface area contributed by atoms with E-state index in [4.69, 9.17) is 0 Å². The molecule has 0 aliphatic heterocycles. The van der Waals surface area contributed by atoms with Crippen molar-refractivity contribution in [2.24, 2.45) is 5.92 Å². The summed E-state index contributed by atoms with van der Waals surface area (Å²) in [5.74, 6) is 3.24. The Morgan fingerprint density at radius 3 is 3.00 bits per heavy atom. The van der Waals surface area contributed by atoms with Gasteiger partial charge >= 0.3 is 0 Å². The van der Waals surface area contributed by atoms with E-state index in [1.54, 1.807) is 0 Å². The lowest BCUT2D eigenvalue weighted by Gasteiger charge is -1.88. The summed E-state index contributed by atoms with van der Waals surface area (Å²) >= 11 is 0. The molecule has 0 heterocycles. The molecule has 1 aliphatic carbocycles. The van der Waals surface area contributed by atoms with Gasteiger partial charge in [-0.05, 0) is 31.6 Å². The Hall–Kier alpha value is -0.510. The van der Waals surface area contributed by atoms with Gasteiger partial charge in [-0.3, -0.25) is 0 Å². The Balaban J connectivity index is 1.84. The zero-order valence-corrected chi connectivity index (χ0v) is 5.36. The van der Waals surface area contributed by atoms with E-state index >= 15 is 0 Å². The molecule has 0 aromatic rings. The normalized spacial score (nSPS) is 16.6. The minimum atomic E-state index is 0.723. The van der Waals surface area contributed by atoms with E-state index in [0.29, 0.717) is 0 Å². The summed E-state index contributed by atoms with van der Waals surface area (Å²) in [6, 6.07) is 0. The van der Waals surface area contributed by atoms with E-state index in [1.165, 1.54) is 19.0 Å². The first-order valence-electron chi connectivity index (χ1n) is 3.35. The quantitative estimate of drug-likeness (QED) is 0.401. The fourth-order valence-corrected chi connectivity index (χ4v) is 0.832. The van der Waals surface area contributed by atoms with Gasteiger partial charge in [0.25, 0.3) is 0 Å². The lowest BCUT2D eigenvalue weighted by molar-refractivity contribution is 0.693. The monoisotopic (exact) mass is 125 g/mol. The van der Waals surface area contributed by atoms with Crippen LogP contribution >= 0.6 is 0 Å². The van der Waals surface area contributed by atoms with E-state index in [9.17, 15) is 4.39 Å². The Bertz CT molecular complexity index is 125. The van der Waals surface area contributed by atoms with E-state index in [0.717, 1.165) is 18.8 Å². The lowest BCUT2D eigenvalue weighted by Crippen LogP contribution is -1.75. The number of rotatable bonds is 3. The fourth-order valence-electron chi connectivity index (χ4n) is 0.832. The standard InChI is InChI=1S/C8H10F/c9-7-3-1-2-4-8-5-6-8/h5,8H,1-2,4,6H2. The van der Waals surface area contributed by atoms with Gasteiger partial charge < -0.3 is 0 Å². The largest absolute Gasteiger partial charge is 0.144 e. The van der Waals surface area contributed by atoms with Crippen LogP contribution in [-0.4, -0.2) is 0 Å². The maximum absolute atomic E-state index is 11.2. The molecule has 0 aromatic heterocycles. The van der Waals surface area contributed by atoms with Crippen LogP contribution in [0, 0.1) is 24.4 Å². The van der Waals surface area contributed by atoms with Crippen LogP contribution in [0.3, 0.4) is 0 Å². The average Bonchev–Trinajstić information content (AvgIpc) is 2.63. The topological polar surface area (TPSA) is 0 Å². The van der Waals surface area contributed by atoms with E-state index < -0.39 is 0 Å². The Morgan fingerprint density at radius 2 is 2.44 bits per heavy atom. The van der Waals surface area contributed by atoms with Crippen molar-refractivity contribution >= 4 is 0 Å². The molecule has 0 nitrogen and oxygen atoms in total.